The van der Waals surface area contributed by atoms with E-state index in [-0.39, 0.29) is 11.5 Å². The standard InChI is InChI=1S/C18H23BrN2O3/c1-12-7-18(11-24-12)8-14(9-18)20-16(22)17(23)21(2)10-13-5-3-4-6-15(13)19/h3-6,12,14H,7-11H2,1-2H3,(H,20,22). The van der Waals surface area contributed by atoms with Gasteiger partial charge in [-0.15, -0.1) is 0 Å². The maximum absolute atomic E-state index is 12.3. The second-order valence-electron chi connectivity index (χ2n) is 7.16. The van der Waals surface area contributed by atoms with Gasteiger partial charge in [-0.05, 0) is 37.8 Å². The quantitative estimate of drug-likeness (QED) is 0.801. The second kappa shape index (κ2) is 6.84. The molecule has 6 heteroatoms. The third-order valence-electron chi connectivity index (χ3n) is 4.99. The number of carbonyl (C=O) groups is 2. The Hall–Kier alpha value is -1.40. The number of carbonyl (C=O) groups excluding carboxylic acids is 2. The summed E-state index contributed by atoms with van der Waals surface area (Å²) in [5.74, 6) is -1.01. The number of ether oxygens (including phenoxy) is 1. The first kappa shape index (κ1) is 17.4. The summed E-state index contributed by atoms with van der Waals surface area (Å²) < 4.78 is 6.57. The lowest BCUT2D eigenvalue weighted by atomic mass is 9.64. The molecular formula is C18H23BrN2O3. The van der Waals surface area contributed by atoms with Gasteiger partial charge in [-0.1, -0.05) is 34.1 Å². The van der Waals surface area contributed by atoms with Gasteiger partial charge in [-0.2, -0.15) is 0 Å². The van der Waals surface area contributed by atoms with Crippen molar-refractivity contribution in [1.82, 2.24) is 10.2 Å². The van der Waals surface area contributed by atoms with Gasteiger partial charge >= 0.3 is 11.8 Å². The van der Waals surface area contributed by atoms with E-state index in [1.54, 1.807) is 7.05 Å². The molecule has 1 unspecified atom stereocenters. The lowest BCUT2D eigenvalue weighted by Crippen LogP contribution is -2.54. The molecule has 3 rings (SSSR count). The van der Waals surface area contributed by atoms with Gasteiger partial charge in [0, 0.05) is 29.5 Å². The van der Waals surface area contributed by atoms with Crippen LogP contribution in [0.15, 0.2) is 28.7 Å². The van der Waals surface area contributed by atoms with Crippen LogP contribution in [0, 0.1) is 5.41 Å². The molecule has 1 aliphatic heterocycles. The molecule has 0 bridgehead atoms. The number of likely N-dealkylation sites (N-methyl/N-ethyl adjacent to an activating group) is 1. The summed E-state index contributed by atoms with van der Waals surface area (Å²) in [6, 6.07) is 7.78. The summed E-state index contributed by atoms with van der Waals surface area (Å²) in [7, 11) is 1.65. The van der Waals surface area contributed by atoms with E-state index in [2.05, 4.69) is 28.2 Å². The number of hydrogen-bond acceptors (Lipinski definition) is 3. The van der Waals surface area contributed by atoms with Gasteiger partial charge in [-0.25, -0.2) is 0 Å². The third kappa shape index (κ3) is 3.64. The predicted molar refractivity (Wildman–Crippen MR) is 94.2 cm³/mol. The summed E-state index contributed by atoms with van der Waals surface area (Å²) in [5, 5.41) is 2.87. The number of nitrogens with one attached hydrogen (secondary N) is 1. The zero-order valence-electron chi connectivity index (χ0n) is 14.0. The predicted octanol–water partition coefficient (Wildman–Crippen LogP) is 2.48. The SMILES string of the molecule is CC1CC2(CO1)CC(NC(=O)C(=O)N(C)Cc1ccccc1Br)C2. The summed E-state index contributed by atoms with van der Waals surface area (Å²) in [6.45, 7) is 3.25. The highest BCUT2D eigenvalue weighted by atomic mass is 79.9. The number of benzene rings is 1. The fraction of sp³-hybridized carbons (Fsp3) is 0.556. The van der Waals surface area contributed by atoms with Crippen LogP contribution in [0.2, 0.25) is 0 Å². The van der Waals surface area contributed by atoms with Crippen molar-refractivity contribution in [2.45, 2.75) is 44.9 Å². The first-order valence-corrected chi connectivity index (χ1v) is 9.09. The fourth-order valence-electron chi connectivity index (χ4n) is 3.79. The highest BCUT2D eigenvalue weighted by molar-refractivity contribution is 9.10. The van der Waals surface area contributed by atoms with Gasteiger partial charge in [0.2, 0.25) is 0 Å². The maximum Gasteiger partial charge on any atom is 0.311 e. The summed E-state index contributed by atoms with van der Waals surface area (Å²) >= 11 is 3.46. The molecule has 24 heavy (non-hydrogen) atoms. The van der Waals surface area contributed by atoms with E-state index in [1.807, 2.05) is 24.3 Å². The molecule has 0 radical (unpaired) electrons. The number of amides is 2. The first-order chi connectivity index (χ1) is 11.4. The van der Waals surface area contributed by atoms with E-state index < -0.39 is 11.8 Å². The zero-order valence-corrected chi connectivity index (χ0v) is 15.6. The molecule has 130 valence electrons. The Labute approximate surface area is 150 Å². The van der Waals surface area contributed by atoms with Crippen molar-refractivity contribution in [3.05, 3.63) is 34.3 Å². The largest absolute Gasteiger partial charge is 0.378 e. The van der Waals surface area contributed by atoms with Gasteiger partial charge in [0.25, 0.3) is 0 Å². The molecule has 1 aromatic rings. The van der Waals surface area contributed by atoms with Crippen LogP contribution in [-0.4, -0.2) is 42.5 Å². The van der Waals surface area contributed by atoms with Crippen LogP contribution in [0.5, 0.6) is 0 Å². The molecule has 1 N–H and O–H groups in total. The van der Waals surface area contributed by atoms with Gasteiger partial charge < -0.3 is 15.0 Å². The van der Waals surface area contributed by atoms with Crippen molar-refractivity contribution in [2.75, 3.05) is 13.7 Å². The minimum Gasteiger partial charge on any atom is -0.378 e. The van der Waals surface area contributed by atoms with Crippen molar-refractivity contribution in [3.63, 3.8) is 0 Å². The molecule has 2 fully saturated rings. The minimum absolute atomic E-state index is 0.0900. The average molecular weight is 395 g/mol. The molecule has 1 aromatic carbocycles. The highest BCUT2D eigenvalue weighted by Crippen LogP contribution is 2.49. The van der Waals surface area contributed by atoms with E-state index in [0.717, 1.165) is 35.9 Å². The smallest absolute Gasteiger partial charge is 0.311 e. The monoisotopic (exact) mass is 394 g/mol. The Kier molecular flexibility index (Phi) is 4.97. The zero-order chi connectivity index (χ0) is 17.3. The van der Waals surface area contributed by atoms with Crippen LogP contribution in [0.25, 0.3) is 0 Å². The van der Waals surface area contributed by atoms with Gasteiger partial charge in [-0.3, -0.25) is 9.59 Å². The van der Waals surface area contributed by atoms with Crippen LogP contribution in [0.4, 0.5) is 0 Å². The molecular weight excluding hydrogens is 372 g/mol. The highest BCUT2D eigenvalue weighted by Gasteiger charge is 2.49. The van der Waals surface area contributed by atoms with Gasteiger partial charge in [0.1, 0.15) is 0 Å². The van der Waals surface area contributed by atoms with Crippen LogP contribution < -0.4 is 5.32 Å². The van der Waals surface area contributed by atoms with Crippen LogP contribution in [0.1, 0.15) is 31.7 Å². The average Bonchev–Trinajstić information content (AvgIpc) is 2.90. The lowest BCUT2D eigenvalue weighted by molar-refractivity contribution is -0.146. The first-order valence-electron chi connectivity index (χ1n) is 8.29. The van der Waals surface area contributed by atoms with E-state index in [4.69, 9.17) is 4.74 Å². The molecule has 1 saturated carbocycles. The van der Waals surface area contributed by atoms with E-state index in [1.165, 1.54) is 4.90 Å². The lowest BCUT2D eigenvalue weighted by Gasteiger charge is -2.44. The van der Waals surface area contributed by atoms with Crippen molar-refractivity contribution in [1.29, 1.82) is 0 Å². The number of hydrogen-bond donors (Lipinski definition) is 1. The Morgan fingerprint density at radius 2 is 2.04 bits per heavy atom. The Bertz CT molecular complexity index is 643. The molecule has 2 aliphatic rings. The number of nitrogens with zero attached hydrogens (tertiary/aromatic N) is 1. The molecule has 1 heterocycles. The van der Waals surface area contributed by atoms with Crippen molar-refractivity contribution < 1.29 is 14.3 Å². The van der Waals surface area contributed by atoms with Crippen molar-refractivity contribution in [3.8, 4) is 0 Å². The normalized spacial score (nSPS) is 28.5. The Morgan fingerprint density at radius 3 is 2.67 bits per heavy atom. The fourth-order valence-corrected chi connectivity index (χ4v) is 4.20. The van der Waals surface area contributed by atoms with Crippen LogP contribution in [-0.2, 0) is 20.9 Å². The number of halogens is 1. The van der Waals surface area contributed by atoms with Crippen molar-refractivity contribution >= 4 is 27.7 Å². The summed E-state index contributed by atoms with van der Waals surface area (Å²) in [6.07, 6.45) is 3.17. The minimum atomic E-state index is -0.517. The van der Waals surface area contributed by atoms with E-state index in [9.17, 15) is 9.59 Å². The summed E-state index contributed by atoms with van der Waals surface area (Å²) in [4.78, 5) is 25.9. The van der Waals surface area contributed by atoms with Crippen molar-refractivity contribution in [2.24, 2.45) is 5.41 Å². The molecule has 1 spiro atoms. The number of rotatable bonds is 3. The van der Waals surface area contributed by atoms with Gasteiger partial charge in [0.15, 0.2) is 0 Å². The molecule has 1 saturated heterocycles. The molecule has 1 aliphatic carbocycles. The molecule has 0 aromatic heterocycles. The Morgan fingerprint density at radius 1 is 1.33 bits per heavy atom. The topological polar surface area (TPSA) is 58.6 Å². The van der Waals surface area contributed by atoms with E-state index in [0.29, 0.717) is 12.6 Å². The van der Waals surface area contributed by atoms with E-state index >= 15 is 0 Å². The van der Waals surface area contributed by atoms with Crippen LogP contribution >= 0.6 is 15.9 Å². The Balaban J connectivity index is 1.49. The third-order valence-corrected chi connectivity index (χ3v) is 5.77. The van der Waals surface area contributed by atoms with Crippen LogP contribution in [0.3, 0.4) is 0 Å². The molecule has 5 nitrogen and oxygen atoms in total. The summed E-state index contributed by atoms with van der Waals surface area (Å²) in [5.41, 5.74) is 1.20. The van der Waals surface area contributed by atoms with Gasteiger partial charge in [0.05, 0.1) is 12.7 Å². The molecule has 1 atom stereocenters. The second-order valence-corrected chi connectivity index (χ2v) is 8.01. The maximum atomic E-state index is 12.3. The molecule has 2 amide bonds.